The molecule has 0 bridgehead atoms. The number of hydrogen-bond acceptors (Lipinski definition) is 2. The molecule has 78 valence electrons. The normalized spacial score (nSPS) is 25.4. The van der Waals surface area contributed by atoms with Gasteiger partial charge in [-0.3, -0.25) is 4.90 Å². The molecule has 0 aromatic heterocycles. The number of nitrogens with zero attached hydrogens (tertiary/aromatic N) is 1. The van der Waals surface area contributed by atoms with Crippen LogP contribution in [0.5, 0.6) is 0 Å². The van der Waals surface area contributed by atoms with E-state index in [1.807, 2.05) is 0 Å². The third-order valence-electron chi connectivity index (χ3n) is 3.91. The van der Waals surface area contributed by atoms with Gasteiger partial charge in [0.05, 0.1) is 0 Å². The van der Waals surface area contributed by atoms with E-state index in [1.165, 1.54) is 32.4 Å². The zero-order valence-corrected chi connectivity index (χ0v) is 9.34. The third kappa shape index (κ3) is 2.23. The maximum Gasteiger partial charge on any atom is 0.0176 e. The van der Waals surface area contributed by atoms with Gasteiger partial charge in [-0.15, -0.1) is 0 Å². The summed E-state index contributed by atoms with van der Waals surface area (Å²) in [6.07, 6.45) is 3.80. The quantitative estimate of drug-likeness (QED) is 0.722. The molecule has 0 aliphatic carbocycles. The molecule has 1 fully saturated rings. The van der Waals surface area contributed by atoms with Crippen molar-refractivity contribution >= 4 is 0 Å². The molecule has 13 heavy (non-hydrogen) atoms. The van der Waals surface area contributed by atoms with Crippen molar-refractivity contribution in [2.75, 3.05) is 19.6 Å². The molecule has 0 spiro atoms. The standard InChI is InChI=1S/C11H24N2/c1-4-11(3,5-2)13-7-6-10(8-12)9-13/h10H,4-9,12H2,1-3H3. The van der Waals surface area contributed by atoms with E-state index < -0.39 is 0 Å². The molecule has 2 nitrogen and oxygen atoms in total. The first-order valence-corrected chi connectivity index (χ1v) is 5.61. The van der Waals surface area contributed by atoms with Crippen molar-refractivity contribution in [3.8, 4) is 0 Å². The van der Waals surface area contributed by atoms with Crippen LogP contribution < -0.4 is 5.73 Å². The van der Waals surface area contributed by atoms with Crippen LogP contribution in [0.15, 0.2) is 0 Å². The number of likely N-dealkylation sites (tertiary alicyclic amines) is 1. The molecular formula is C11H24N2. The maximum absolute atomic E-state index is 5.70. The van der Waals surface area contributed by atoms with Crippen molar-refractivity contribution in [3.05, 3.63) is 0 Å². The Morgan fingerprint density at radius 2 is 2.00 bits per heavy atom. The molecule has 1 rings (SSSR count). The minimum absolute atomic E-state index is 0.421. The highest BCUT2D eigenvalue weighted by Gasteiger charge is 2.33. The molecular weight excluding hydrogens is 160 g/mol. The van der Waals surface area contributed by atoms with Crippen LogP contribution in [0.2, 0.25) is 0 Å². The zero-order valence-electron chi connectivity index (χ0n) is 9.34. The van der Waals surface area contributed by atoms with Crippen molar-refractivity contribution in [1.82, 2.24) is 4.90 Å². The number of hydrogen-bond donors (Lipinski definition) is 1. The summed E-state index contributed by atoms with van der Waals surface area (Å²) < 4.78 is 0. The summed E-state index contributed by atoms with van der Waals surface area (Å²) in [4.78, 5) is 2.63. The Labute approximate surface area is 82.5 Å². The van der Waals surface area contributed by atoms with Gasteiger partial charge in [0, 0.05) is 12.1 Å². The molecule has 1 heterocycles. The minimum atomic E-state index is 0.421. The monoisotopic (exact) mass is 184 g/mol. The molecule has 1 aliphatic heterocycles. The lowest BCUT2D eigenvalue weighted by Gasteiger charge is -2.37. The molecule has 2 heteroatoms. The smallest absolute Gasteiger partial charge is 0.0176 e. The van der Waals surface area contributed by atoms with E-state index in [0.29, 0.717) is 5.54 Å². The second kappa shape index (κ2) is 4.43. The van der Waals surface area contributed by atoms with E-state index in [2.05, 4.69) is 25.7 Å². The van der Waals surface area contributed by atoms with E-state index in [9.17, 15) is 0 Å². The molecule has 0 radical (unpaired) electrons. The molecule has 2 N–H and O–H groups in total. The lowest BCUT2D eigenvalue weighted by Crippen LogP contribution is -2.44. The zero-order chi connectivity index (χ0) is 9.90. The van der Waals surface area contributed by atoms with Crippen molar-refractivity contribution in [2.45, 2.75) is 45.6 Å². The molecule has 0 aromatic rings. The van der Waals surface area contributed by atoms with Crippen molar-refractivity contribution < 1.29 is 0 Å². The number of nitrogens with two attached hydrogens (primary N) is 1. The first kappa shape index (κ1) is 11.0. The fourth-order valence-corrected chi connectivity index (χ4v) is 2.21. The van der Waals surface area contributed by atoms with Gasteiger partial charge in [-0.2, -0.15) is 0 Å². The van der Waals surface area contributed by atoms with Gasteiger partial charge in [-0.25, -0.2) is 0 Å². The Balaban J connectivity index is 2.53. The first-order chi connectivity index (χ1) is 6.16. The Hall–Kier alpha value is -0.0800. The van der Waals surface area contributed by atoms with E-state index in [-0.39, 0.29) is 0 Å². The molecule has 1 atom stereocenters. The van der Waals surface area contributed by atoms with Crippen LogP contribution in [-0.4, -0.2) is 30.1 Å². The number of rotatable bonds is 4. The van der Waals surface area contributed by atoms with Crippen LogP contribution in [0.3, 0.4) is 0 Å². The summed E-state index contributed by atoms with van der Waals surface area (Å²) in [6.45, 7) is 10.3. The summed E-state index contributed by atoms with van der Waals surface area (Å²) in [5, 5.41) is 0. The average Bonchev–Trinajstić information content (AvgIpc) is 2.65. The van der Waals surface area contributed by atoms with E-state index in [4.69, 9.17) is 5.73 Å². The molecule has 0 aromatic carbocycles. The fourth-order valence-electron chi connectivity index (χ4n) is 2.21. The second-order valence-electron chi connectivity index (χ2n) is 4.54. The van der Waals surface area contributed by atoms with Gasteiger partial charge in [0.1, 0.15) is 0 Å². The molecule has 1 saturated heterocycles. The minimum Gasteiger partial charge on any atom is -0.330 e. The van der Waals surface area contributed by atoms with Crippen LogP contribution in [0.4, 0.5) is 0 Å². The van der Waals surface area contributed by atoms with E-state index in [0.717, 1.165) is 12.5 Å². The fraction of sp³-hybridized carbons (Fsp3) is 1.00. The van der Waals surface area contributed by atoms with Crippen LogP contribution >= 0.6 is 0 Å². The van der Waals surface area contributed by atoms with Crippen LogP contribution in [0.25, 0.3) is 0 Å². The highest BCUT2D eigenvalue weighted by Crippen LogP contribution is 2.29. The van der Waals surface area contributed by atoms with Crippen LogP contribution in [-0.2, 0) is 0 Å². The summed E-state index contributed by atoms with van der Waals surface area (Å²) in [7, 11) is 0. The highest BCUT2D eigenvalue weighted by molar-refractivity contribution is 4.89. The van der Waals surface area contributed by atoms with Gasteiger partial charge in [-0.1, -0.05) is 13.8 Å². The summed E-state index contributed by atoms with van der Waals surface area (Å²) in [5.74, 6) is 0.748. The third-order valence-corrected chi connectivity index (χ3v) is 3.91. The van der Waals surface area contributed by atoms with Crippen LogP contribution in [0, 0.1) is 5.92 Å². The van der Waals surface area contributed by atoms with E-state index >= 15 is 0 Å². The summed E-state index contributed by atoms with van der Waals surface area (Å²) in [6, 6.07) is 0. The largest absolute Gasteiger partial charge is 0.330 e. The summed E-state index contributed by atoms with van der Waals surface area (Å²) in [5.41, 5.74) is 6.12. The Morgan fingerprint density at radius 3 is 2.38 bits per heavy atom. The SMILES string of the molecule is CCC(C)(CC)N1CCC(CN)C1. The topological polar surface area (TPSA) is 29.3 Å². The predicted molar refractivity (Wildman–Crippen MR) is 57.7 cm³/mol. The van der Waals surface area contributed by atoms with Crippen molar-refractivity contribution in [3.63, 3.8) is 0 Å². The van der Waals surface area contributed by atoms with E-state index in [1.54, 1.807) is 0 Å². The molecule has 1 aliphatic rings. The lowest BCUT2D eigenvalue weighted by molar-refractivity contribution is 0.120. The van der Waals surface area contributed by atoms with Gasteiger partial charge < -0.3 is 5.73 Å². The second-order valence-corrected chi connectivity index (χ2v) is 4.54. The van der Waals surface area contributed by atoms with Crippen LogP contribution in [0.1, 0.15) is 40.0 Å². The average molecular weight is 184 g/mol. The summed E-state index contributed by atoms with van der Waals surface area (Å²) >= 11 is 0. The van der Waals surface area contributed by atoms with Crippen molar-refractivity contribution in [2.24, 2.45) is 11.7 Å². The van der Waals surface area contributed by atoms with Crippen molar-refractivity contribution in [1.29, 1.82) is 0 Å². The van der Waals surface area contributed by atoms with Gasteiger partial charge in [-0.05, 0) is 45.2 Å². The maximum atomic E-state index is 5.70. The Kier molecular flexibility index (Phi) is 3.74. The van der Waals surface area contributed by atoms with Gasteiger partial charge in [0.2, 0.25) is 0 Å². The van der Waals surface area contributed by atoms with Gasteiger partial charge in [0.15, 0.2) is 0 Å². The van der Waals surface area contributed by atoms with Gasteiger partial charge >= 0.3 is 0 Å². The first-order valence-electron chi connectivity index (χ1n) is 5.61. The Bertz CT molecular complexity index is 152. The van der Waals surface area contributed by atoms with Gasteiger partial charge in [0.25, 0.3) is 0 Å². The molecule has 0 amide bonds. The Morgan fingerprint density at radius 1 is 1.38 bits per heavy atom. The molecule has 0 saturated carbocycles. The molecule has 1 unspecified atom stereocenters. The lowest BCUT2D eigenvalue weighted by atomic mass is 9.93. The highest BCUT2D eigenvalue weighted by atomic mass is 15.2. The predicted octanol–water partition coefficient (Wildman–Crippen LogP) is 1.85.